The minimum absolute atomic E-state index is 0.185. The summed E-state index contributed by atoms with van der Waals surface area (Å²) in [6.07, 6.45) is -0.185. The fourth-order valence-electron chi connectivity index (χ4n) is 1.91. The lowest BCUT2D eigenvalue weighted by Gasteiger charge is -2.24. The molecule has 0 unspecified atom stereocenters. The van der Waals surface area contributed by atoms with Gasteiger partial charge in [0.2, 0.25) is 5.91 Å². The zero-order chi connectivity index (χ0) is 15.0. The summed E-state index contributed by atoms with van der Waals surface area (Å²) in [6.45, 7) is 13.5. The van der Waals surface area contributed by atoms with E-state index in [2.05, 4.69) is 33.0 Å². The van der Waals surface area contributed by atoms with Crippen LogP contribution in [0.3, 0.4) is 0 Å². The maximum Gasteiger partial charge on any atom is 0.315 e. The molecule has 0 aliphatic carbocycles. The van der Waals surface area contributed by atoms with Gasteiger partial charge in [-0.05, 0) is 23.7 Å². The van der Waals surface area contributed by atoms with Crippen molar-refractivity contribution >= 4 is 11.9 Å². The molecule has 0 heterocycles. The molecule has 0 saturated carbocycles. The summed E-state index contributed by atoms with van der Waals surface area (Å²) in [5.74, 6) is 0.941. The number of ether oxygens (including phenoxy) is 1. The molecule has 0 rings (SSSR count). The van der Waals surface area contributed by atoms with Crippen LogP contribution in [-0.2, 0) is 14.3 Å². The van der Waals surface area contributed by atoms with Gasteiger partial charge in [0.05, 0.1) is 6.61 Å². The summed E-state index contributed by atoms with van der Waals surface area (Å²) in [7, 11) is 0. The molecule has 112 valence electrons. The van der Waals surface area contributed by atoms with E-state index in [4.69, 9.17) is 4.74 Å². The molecule has 4 heteroatoms. The lowest BCUT2D eigenvalue weighted by molar-refractivity contribution is -0.148. The lowest BCUT2D eigenvalue weighted by atomic mass is 9.86. The first-order valence-electron chi connectivity index (χ1n) is 7.16. The minimum atomic E-state index is -0.437. The molecule has 0 aromatic heterocycles. The van der Waals surface area contributed by atoms with E-state index in [9.17, 15) is 9.59 Å². The molecule has 0 saturated heterocycles. The second-order valence-electron chi connectivity index (χ2n) is 6.21. The van der Waals surface area contributed by atoms with Gasteiger partial charge in [0.15, 0.2) is 0 Å². The molecule has 0 radical (unpaired) electrons. The number of carbonyl (C=O) groups is 2. The molecule has 0 atom stereocenters. The van der Waals surface area contributed by atoms with Gasteiger partial charge in [0.25, 0.3) is 0 Å². The molecule has 19 heavy (non-hydrogen) atoms. The van der Waals surface area contributed by atoms with Crippen molar-refractivity contribution in [1.82, 2.24) is 5.32 Å². The zero-order valence-corrected chi connectivity index (χ0v) is 13.2. The second kappa shape index (κ2) is 8.94. The molecular formula is C15H29NO3. The van der Waals surface area contributed by atoms with Crippen molar-refractivity contribution in [2.75, 3.05) is 13.2 Å². The molecule has 0 aromatic rings. The maximum absolute atomic E-state index is 11.6. The van der Waals surface area contributed by atoms with Crippen molar-refractivity contribution < 1.29 is 14.3 Å². The average molecular weight is 271 g/mol. The van der Waals surface area contributed by atoms with Gasteiger partial charge in [0, 0.05) is 6.54 Å². The molecule has 0 fully saturated rings. The number of esters is 1. The number of nitrogens with one attached hydrogen (secondary N) is 1. The Morgan fingerprint density at radius 2 is 1.53 bits per heavy atom. The van der Waals surface area contributed by atoms with Crippen LogP contribution in [0.15, 0.2) is 0 Å². The van der Waals surface area contributed by atoms with E-state index in [1.807, 2.05) is 13.8 Å². The van der Waals surface area contributed by atoms with Gasteiger partial charge in [-0.15, -0.1) is 0 Å². The fourth-order valence-corrected chi connectivity index (χ4v) is 1.91. The van der Waals surface area contributed by atoms with Crippen LogP contribution < -0.4 is 5.32 Å². The van der Waals surface area contributed by atoms with E-state index in [0.717, 1.165) is 0 Å². The minimum Gasteiger partial charge on any atom is -0.465 e. The van der Waals surface area contributed by atoms with Crippen LogP contribution >= 0.6 is 0 Å². The Balaban J connectivity index is 4.00. The van der Waals surface area contributed by atoms with Crippen molar-refractivity contribution in [2.45, 2.75) is 48.0 Å². The normalized spacial score (nSPS) is 11.5. The molecule has 0 spiro atoms. The van der Waals surface area contributed by atoms with Crippen molar-refractivity contribution in [2.24, 2.45) is 23.7 Å². The van der Waals surface area contributed by atoms with Crippen LogP contribution in [0, 0.1) is 23.7 Å². The van der Waals surface area contributed by atoms with Gasteiger partial charge >= 0.3 is 5.97 Å². The third-order valence-electron chi connectivity index (χ3n) is 3.16. The molecule has 1 N–H and O–H groups in total. The maximum atomic E-state index is 11.6. The number of carbonyl (C=O) groups excluding carboxylic acids is 2. The SMILES string of the molecule is CC(C)CNC(=O)CC(=O)OCC(C(C)C)C(C)C. The van der Waals surface area contributed by atoms with Crippen LogP contribution in [0.4, 0.5) is 0 Å². The van der Waals surface area contributed by atoms with E-state index in [1.165, 1.54) is 0 Å². The van der Waals surface area contributed by atoms with Crippen LogP contribution in [0.25, 0.3) is 0 Å². The Morgan fingerprint density at radius 3 is 1.95 bits per heavy atom. The van der Waals surface area contributed by atoms with E-state index < -0.39 is 5.97 Å². The first-order chi connectivity index (χ1) is 8.73. The summed E-state index contributed by atoms with van der Waals surface area (Å²) >= 11 is 0. The van der Waals surface area contributed by atoms with Gasteiger partial charge in [-0.25, -0.2) is 0 Å². The molecule has 1 amide bonds. The average Bonchev–Trinajstić information content (AvgIpc) is 2.25. The second-order valence-corrected chi connectivity index (χ2v) is 6.21. The Morgan fingerprint density at radius 1 is 1.00 bits per heavy atom. The Hall–Kier alpha value is -1.06. The Labute approximate surface area is 117 Å². The van der Waals surface area contributed by atoms with Gasteiger partial charge in [-0.2, -0.15) is 0 Å². The molecule has 0 aromatic carbocycles. The zero-order valence-electron chi connectivity index (χ0n) is 13.2. The number of hydrogen-bond donors (Lipinski definition) is 1. The standard InChI is InChI=1S/C15H29NO3/c1-10(2)8-16-14(17)7-15(18)19-9-13(11(3)4)12(5)6/h10-13H,7-9H2,1-6H3,(H,16,17). The van der Waals surface area contributed by atoms with Gasteiger partial charge in [-0.3, -0.25) is 9.59 Å². The number of hydrogen-bond acceptors (Lipinski definition) is 3. The first kappa shape index (κ1) is 17.9. The summed E-state index contributed by atoms with van der Waals surface area (Å²) in [5.41, 5.74) is 0. The highest BCUT2D eigenvalue weighted by Crippen LogP contribution is 2.20. The monoisotopic (exact) mass is 271 g/mol. The van der Waals surface area contributed by atoms with E-state index in [0.29, 0.717) is 36.8 Å². The summed E-state index contributed by atoms with van der Waals surface area (Å²) in [6, 6.07) is 0. The molecular weight excluding hydrogens is 242 g/mol. The van der Waals surface area contributed by atoms with Crippen LogP contribution in [-0.4, -0.2) is 25.0 Å². The Kier molecular flexibility index (Phi) is 8.44. The van der Waals surface area contributed by atoms with Crippen molar-refractivity contribution in [1.29, 1.82) is 0 Å². The third kappa shape index (κ3) is 8.62. The Bertz CT molecular complexity index is 277. The van der Waals surface area contributed by atoms with Crippen LogP contribution in [0.2, 0.25) is 0 Å². The van der Waals surface area contributed by atoms with Gasteiger partial charge in [0.1, 0.15) is 6.42 Å². The van der Waals surface area contributed by atoms with E-state index in [-0.39, 0.29) is 12.3 Å². The highest BCUT2D eigenvalue weighted by atomic mass is 16.5. The highest BCUT2D eigenvalue weighted by Gasteiger charge is 2.20. The smallest absolute Gasteiger partial charge is 0.315 e. The first-order valence-corrected chi connectivity index (χ1v) is 7.16. The summed E-state index contributed by atoms with van der Waals surface area (Å²) in [5, 5.41) is 2.71. The quantitative estimate of drug-likeness (QED) is 0.545. The lowest BCUT2D eigenvalue weighted by Crippen LogP contribution is -2.30. The number of amides is 1. The third-order valence-corrected chi connectivity index (χ3v) is 3.16. The summed E-state index contributed by atoms with van der Waals surface area (Å²) in [4.78, 5) is 23.0. The highest BCUT2D eigenvalue weighted by molar-refractivity contribution is 5.94. The van der Waals surface area contributed by atoms with Gasteiger partial charge in [-0.1, -0.05) is 41.5 Å². The molecule has 0 aliphatic rings. The van der Waals surface area contributed by atoms with E-state index in [1.54, 1.807) is 0 Å². The van der Waals surface area contributed by atoms with Crippen molar-refractivity contribution in [3.63, 3.8) is 0 Å². The molecule has 4 nitrogen and oxygen atoms in total. The largest absolute Gasteiger partial charge is 0.465 e. The van der Waals surface area contributed by atoms with Crippen molar-refractivity contribution in [3.8, 4) is 0 Å². The molecule has 0 bridgehead atoms. The molecule has 0 aliphatic heterocycles. The number of rotatable bonds is 8. The summed E-state index contributed by atoms with van der Waals surface area (Å²) < 4.78 is 5.20. The predicted molar refractivity (Wildman–Crippen MR) is 76.6 cm³/mol. The van der Waals surface area contributed by atoms with Crippen molar-refractivity contribution in [3.05, 3.63) is 0 Å². The predicted octanol–water partition coefficient (Wildman–Crippen LogP) is 2.62. The fraction of sp³-hybridized carbons (Fsp3) is 0.867. The van der Waals surface area contributed by atoms with E-state index >= 15 is 0 Å². The van der Waals surface area contributed by atoms with Crippen LogP contribution in [0.1, 0.15) is 48.0 Å². The topological polar surface area (TPSA) is 55.4 Å². The van der Waals surface area contributed by atoms with Crippen LogP contribution in [0.5, 0.6) is 0 Å². The van der Waals surface area contributed by atoms with Gasteiger partial charge < -0.3 is 10.1 Å².